The molecule has 0 unspecified atom stereocenters. The van der Waals surface area contributed by atoms with Crippen molar-refractivity contribution < 1.29 is 4.79 Å². The number of hydrogen-bond donors (Lipinski definition) is 1. The summed E-state index contributed by atoms with van der Waals surface area (Å²) in [6, 6.07) is 10.1. The second-order valence-corrected chi connectivity index (χ2v) is 7.10. The third-order valence-electron chi connectivity index (χ3n) is 4.60. The molecule has 7 nitrogen and oxygen atoms in total. The van der Waals surface area contributed by atoms with Crippen LogP contribution >= 0.6 is 11.3 Å². The summed E-state index contributed by atoms with van der Waals surface area (Å²) in [6.45, 7) is 2.81. The second-order valence-electron chi connectivity index (χ2n) is 6.26. The number of nitrogens with zero attached hydrogens (tertiary/aromatic N) is 5. The highest BCUT2D eigenvalue weighted by atomic mass is 32.1. The van der Waals surface area contributed by atoms with E-state index in [9.17, 15) is 4.79 Å². The fourth-order valence-electron chi connectivity index (χ4n) is 3.21. The molecule has 4 rings (SSSR count). The van der Waals surface area contributed by atoms with Gasteiger partial charge >= 0.3 is 0 Å². The average molecular weight is 368 g/mol. The number of amides is 1. The summed E-state index contributed by atoms with van der Waals surface area (Å²) < 4.78 is 0. The number of rotatable bonds is 4. The molecule has 0 aliphatic carbocycles. The lowest BCUT2D eigenvalue weighted by Gasteiger charge is -2.35. The van der Waals surface area contributed by atoms with Crippen LogP contribution in [-0.4, -0.2) is 51.9 Å². The van der Waals surface area contributed by atoms with Gasteiger partial charge in [0.2, 0.25) is 11.9 Å². The van der Waals surface area contributed by atoms with E-state index in [2.05, 4.69) is 32.0 Å². The van der Waals surface area contributed by atoms with Gasteiger partial charge in [-0.15, -0.1) is 11.3 Å². The van der Waals surface area contributed by atoms with E-state index in [4.69, 9.17) is 5.73 Å². The summed E-state index contributed by atoms with van der Waals surface area (Å²) >= 11 is 1.46. The van der Waals surface area contributed by atoms with E-state index in [1.54, 1.807) is 5.51 Å². The molecule has 1 saturated heterocycles. The number of nitrogen functional groups attached to an aromatic ring is 1. The minimum Gasteiger partial charge on any atom is -0.368 e. The van der Waals surface area contributed by atoms with Crippen LogP contribution in [0.15, 0.2) is 35.8 Å². The minimum absolute atomic E-state index is 0.203. The number of fused-ring (bicyclic) bond motifs is 1. The molecule has 134 valence electrons. The van der Waals surface area contributed by atoms with Crippen molar-refractivity contribution in [1.29, 1.82) is 0 Å². The van der Waals surface area contributed by atoms with Crippen molar-refractivity contribution in [2.24, 2.45) is 0 Å². The first-order valence-corrected chi connectivity index (χ1v) is 9.52. The van der Waals surface area contributed by atoms with E-state index in [1.165, 1.54) is 16.9 Å². The van der Waals surface area contributed by atoms with Gasteiger partial charge in [-0.25, -0.2) is 9.97 Å². The van der Waals surface area contributed by atoms with Gasteiger partial charge in [-0.2, -0.15) is 4.98 Å². The van der Waals surface area contributed by atoms with Crippen molar-refractivity contribution in [1.82, 2.24) is 19.9 Å². The maximum Gasteiger partial charge on any atom is 0.223 e. The van der Waals surface area contributed by atoms with Crippen LogP contribution in [0.4, 0.5) is 11.8 Å². The van der Waals surface area contributed by atoms with Crippen molar-refractivity contribution in [3.05, 3.63) is 41.4 Å². The van der Waals surface area contributed by atoms with Crippen LogP contribution in [-0.2, 0) is 11.2 Å². The number of anilines is 2. The molecule has 0 spiro atoms. The molecular formula is C18H20N6OS. The zero-order valence-corrected chi connectivity index (χ0v) is 15.2. The monoisotopic (exact) mass is 368 g/mol. The zero-order valence-electron chi connectivity index (χ0n) is 14.3. The smallest absolute Gasteiger partial charge is 0.223 e. The van der Waals surface area contributed by atoms with Gasteiger partial charge in [-0.05, 0) is 12.0 Å². The topological polar surface area (TPSA) is 88.2 Å². The maximum absolute atomic E-state index is 12.5. The molecule has 1 aromatic carbocycles. The molecule has 1 aliphatic rings. The lowest BCUT2D eigenvalue weighted by atomic mass is 10.1. The quantitative estimate of drug-likeness (QED) is 0.757. The van der Waals surface area contributed by atoms with Gasteiger partial charge in [0.15, 0.2) is 10.6 Å². The molecule has 1 fully saturated rings. The molecule has 0 radical (unpaired) electrons. The molecule has 8 heteroatoms. The standard InChI is InChI=1S/C18H20N6OS/c19-18-21-16(15-17(22-18)26-12-20-15)24-10-8-23(9-11-24)14(25)7-6-13-4-2-1-3-5-13/h1-5,12H,6-11H2,(H2,19,21,22). The van der Waals surface area contributed by atoms with Gasteiger partial charge in [0, 0.05) is 32.6 Å². The van der Waals surface area contributed by atoms with Gasteiger partial charge in [0.05, 0.1) is 5.51 Å². The highest BCUT2D eigenvalue weighted by Crippen LogP contribution is 2.26. The highest BCUT2D eigenvalue weighted by molar-refractivity contribution is 7.16. The summed E-state index contributed by atoms with van der Waals surface area (Å²) in [4.78, 5) is 30.3. The van der Waals surface area contributed by atoms with Crippen molar-refractivity contribution in [3.8, 4) is 0 Å². The van der Waals surface area contributed by atoms with Crippen LogP contribution in [0.2, 0.25) is 0 Å². The number of carbonyl (C=O) groups is 1. The molecule has 2 aromatic heterocycles. The highest BCUT2D eigenvalue weighted by Gasteiger charge is 2.24. The van der Waals surface area contributed by atoms with Crippen LogP contribution in [0.5, 0.6) is 0 Å². The first-order valence-electron chi connectivity index (χ1n) is 8.64. The lowest BCUT2D eigenvalue weighted by molar-refractivity contribution is -0.131. The van der Waals surface area contributed by atoms with E-state index in [0.717, 1.165) is 35.7 Å². The van der Waals surface area contributed by atoms with Crippen LogP contribution < -0.4 is 10.6 Å². The van der Waals surface area contributed by atoms with Gasteiger partial charge in [0.1, 0.15) is 5.52 Å². The first-order chi connectivity index (χ1) is 12.7. The molecular weight excluding hydrogens is 348 g/mol. The predicted octanol–water partition coefficient (Wildman–Crippen LogP) is 1.95. The Morgan fingerprint density at radius 3 is 2.65 bits per heavy atom. The maximum atomic E-state index is 12.5. The fraction of sp³-hybridized carbons (Fsp3) is 0.333. The average Bonchev–Trinajstić information content (AvgIpc) is 3.15. The number of aromatic nitrogens is 3. The number of benzene rings is 1. The summed E-state index contributed by atoms with van der Waals surface area (Å²) in [7, 11) is 0. The number of carbonyl (C=O) groups excluding carboxylic acids is 1. The molecule has 2 N–H and O–H groups in total. The van der Waals surface area contributed by atoms with Gasteiger partial charge in [-0.3, -0.25) is 4.79 Å². The van der Waals surface area contributed by atoms with Crippen molar-refractivity contribution in [2.45, 2.75) is 12.8 Å². The molecule has 1 amide bonds. The Morgan fingerprint density at radius 1 is 1.12 bits per heavy atom. The number of thiazole rings is 1. The van der Waals surface area contributed by atoms with Gasteiger partial charge in [-0.1, -0.05) is 30.3 Å². The van der Waals surface area contributed by atoms with Crippen molar-refractivity contribution >= 4 is 39.4 Å². The molecule has 0 bridgehead atoms. The predicted molar refractivity (Wildman–Crippen MR) is 103 cm³/mol. The number of hydrogen-bond acceptors (Lipinski definition) is 7. The Kier molecular flexibility index (Phi) is 4.66. The molecule has 26 heavy (non-hydrogen) atoms. The summed E-state index contributed by atoms with van der Waals surface area (Å²) in [5, 5.41) is 0. The third kappa shape index (κ3) is 3.45. The fourth-order valence-corrected chi connectivity index (χ4v) is 3.87. The van der Waals surface area contributed by atoms with E-state index in [1.807, 2.05) is 23.1 Å². The third-order valence-corrected chi connectivity index (χ3v) is 5.32. The van der Waals surface area contributed by atoms with E-state index >= 15 is 0 Å². The second kappa shape index (κ2) is 7.25. The number of nitrogens with two attached hydrogens (primary N) is 1. The van der Waals surface area contributed by atoms with Crippen molar-refractivity contribution in [2.75, 3.05) is 36.8 Å². The van der Waals surface area contributed by atoms with E-state index < -0.39 is 0 Å². The lowest BCUT2D eigenvalue weighted by Crippen LogP contribution is -2.49. The van der Waals surface area contributed by atoms with Gasteiger partial charge in [0.25, 0.3) is 0 Å². The molecule has 0 saturated carbocycles. The van der Waals surface area contributed by atoms with Gasteiger partial charge < -0.3 is 15.5 Å². The van der Waals surface area contributed by atoms with E-state index in [0.29, 0.717) is 19.5 Å². The Hall–Kier alpha value is -2.74. The van der Waals surface area contributed by atoms with Crippen LogP contribution in [0.25, 0.3) is 10.3 Å². The molecule has 3 aromatic rings. The largest absolute Gasteiger partial charge is 0.368 e. The first kappa shape index (κ1) is 16.7. The Morgan fingerprint density at radius 2 is 1.88 bits per heavy atom. The summed E-state index contributed by atoms with van der Waals surface area (Å²) in [5.41, 5.74) is 9.56. The molecule has 1 aliphatic heterocycles. The van der Waals surface area contributed by atoms with Crippen LogP contribution in [0.3, 0.4) is 0 Å². The van der Waals surface area contributed by atoms with Crippen LogP contribution in [0.1, 0.15) is 12.0 Å². The normalized spacial score (nSPS) is 14.8. The van der Waals surface area contributed by atoms with E-state index in [-0.39, 0.29) is 11.9 Å². The number of piperazine rings is 1. The van der Waals surface area contributed by atoms with Crippen molar-refractivity contribution in [3.63, 3.8) is 0 Å². The number of aryl methyl sites for hydroxylation is 1. The summed E-state index contributed by atoms with van der Waals surface area (Å²) in [5.74, 6) is 1.23. The zero-order chi connectivity index (χ0) is 17.9. The summed E-state index contributed by atoms with van der Waals surface area (Å²) in [6.07, 6.45) is 1.32. The minimum atomic E-state index is 0.203. The molecule has 3 heterocycles. The SMILES string of the molecule is Nc1nc(N2CCN(C(=O)CCc3ccccc3)CC2)c2ncsc2n1. The Balaban J connectivity index is 1.37. The Bertz CT molecular complexity index is 904. The Labute approximate surface area is 155 Å². The van der Waals surface area contributed by atoms with Crippen LogP contribution in [0, 0.1) is 0 Å². The molecule has 0 atom stereocenters.